The molecule has 1 aliphatic heterocycles. The highest BCUT2D eigenvalue weighted by Gasteiger charge is 2.18. The maximum Gasteiger partial charge on any atom is 0.251 e. The highest BCUT2D eigenvalue weighted by atomic mass is 16.1. The predicted molar refractivity (Wildman–Crippen MR) is 94.6 cm³/mol. The highest BCUT2D eigenvalue weighted by molar-refractivity contribution is 5.93. The third-order valence-electron chi connectivity index (χ3n) is 4.15. The van der Waals surface area contributed by atoms with Gasteiger partial charge in [0.1, 0.15) is 0 Å². The fourth-order valence-electron chi connectivity index (χ4n) is 2.88. The van der Waals surface area contributed by atoms with E-state index in [0.717, 1.165) is 37.1 Å². The molecule has 1 aliphatic rings. The number of hydrogen-bond acceptors (Lipinski definition) is 2. The molecule has 1 unspecified atom stereocenters. The molecule has 0 aromatic heterocycles. The van der Waals surface area contributed by atoms with Gasteiger partial charge in [0, 0.05) is 32.2 Å². The second-order valence-corrected chi connectivity index (χ2v) is 6.14. The number of likely N-dealkylation sites (tertiary alicyclic amines) is 1. The number of piperidine rings is 1. The molecule has 2 N–H and O–H groups in total. The summed E-state index contributed by atoms with van der Waals surface area (Å²) >= 11 is 0. The average Bonchev–Trinajstić information content (AvgIpc) is 2.58. The maximum absolute atomic E-state index is 11.6. The molecule has 2 rings (SSSR count). The third kappa shape index (κ3) is 4.98. The van der Waals surface area contributed by atoms with Crippen molar-refractivity contribution < 1.29 is 4.79 Å². The quantitative estimate of drug-likeness (QED) is 0.662. The average molecular weight is 316 g/mol. The van der Waals surface area contributed by atoms with Crippen molar-refractivity contribution in [2.24, 2.45) is 10.9 Å². The van der Waals surface area contributed by atoms with Crippen molar-refractivity contribution >= 4 is 11.9 Å². The molecule has 1 atom stereocenters. The van der Waals surface area contributed by atoms with Crippen molar-refractivity contribution in [1.29, 1.82) is 0 Å². The normalized spacial score (nSPS) is 18.7. The zero-order chi connectivity index (χ0) is 16.7. The third-order valence-corrected chi connectivity index (χ3v) is 4.15. The number of rotatable bonds is 4. The summed E-state index contributed by atoms with van der Waals surface area (Å²) in [5, 5.41) is 6.03. The molecular formula is C18H28N4O. The molecule has 0 aliphatic carbocycles. The van der Waals surface area contributed by atoms with Crippen molar-refractivity contribution in [3.05, 3.63) is 35.4 Å². The van der Waals surface area contributed by atoms with Crippen LogP contribution in [0.25, 0.3) is 0 Å². The van der Waals surface area contributed by atoms with E-state index >= 15 is 0 Å². The van der Waals surface area contributed by atoms with Crippen LogP contribution in [0.1, 0.15) is 42.6 Å². The van der Waals surface area contributed by atoms with Crippen LogP contribution in [0.4, 0.5) is 0 Å². The number of nitrogens with one attached hydrogen (secondary N) is 2. The van der Waals surface area contributed by atoms with Crippen LogP contribution in [0.5, 0.6) is 0 Å². The summed E-state index contributed by atoms with van der Waals surface area (Å²) in [6.45, 7) is 8.04. The first-order valence-electron chi connectivity index (χ1n) is 8.48. The fraction of sp³-hybridized carbons (Fsp3) is 0.556. The minimum absolute atomic E-state index is 0.0595. The minimum atomic E-state index is -0.0595. The van der Waals surface area contributed by atoms with E-state index in [-0.39, 0.29) is 5.91 Å². The Labute approximate surface area is 139 Å². The Morgan fingerprint density at radius 3 is 2.70 bits per heavy atom. The molecule has 1 amide bonds. The molecule has 1 fully saturated rings. The van der Waals surface area contributed by atoms with Crippen LogP contribution < -0.4 is 10.6 Å². The van der Waals surface area contributed by atoms with Crippen LogP contribution in [0.15, 0.2) is 29.3 Å². The first-order chi connectivity index (χ1) is 11.1. The number of nitrogens with zero attached hydrogens (tertiary/aromatic N) is 2. The second-order valence-electron chi connectivity index (χ2n) is 6.14. The van der Waals surface area contributed by atoms with Crippen LogP contribution in [0.3, 0.4) is 0 Å². The van der Waals surface area contributed by atoms with Gasteiger partial charge >= 0.3 is 0 Å². The van der Waals surface area contributed by atoms with Crippen molar-refractivity contribution in [2.75, 3.05) is 26.7 Å². The van der Waals surface area contributed by atoms with Gasteiger partial charge in [-0.25, -0.2) is 4.99 Å². The van der Waals surface area contributed by atoms with Crippen molar-refractivity contribution in [3.63, 3.8) is 0 Å². The topological polar surface area (TPSA) is 56.7 Å². The number of aliphatic imine (C=N–C) groups is 1. The molecule has 1 heterocycles. The summed E-state index contributed by atoms with van der Waals surface area (Å²) in [5.74, 6) is 1.66. The Kier molecular flexibility index (Phi) is 6.44. The lowest BCUT2D eigenvalue weighted by atomic mass is 10.0. The number of hydrogen-bond donors (Lipinski definition) is 2. The van der Waals surface area contributed by atoms with Crippen molar-refractivity contribution in [1.82, 2.24) is 15.5 Å². The van der Waals surface area contributed by atoms with Gasteiger partial charge < -0.3 is 15.5 Å². The van der Waals surface area contributed by atoms with Gasteiger partial charge in [-0.15, -0.1) is 0 Å². The summed E-state index contributed by atoms with van der Waals surface area (Å²) in [6.07, 6.45) is 2.53. The summed E-state index contributed by atoms with van der Waals surface area (Å²) in [6, 6.07) is 7.63. The van der Waals surface area contributed by atoms with Gasteiger partial charge in [-0.2, -0.15) is 0 Å². The summed E-state index contributed by atoms with van der Waals surface area (Å²) in [5.41, 5.74) is 1.79. The molecule has 0 radical (unpaired) electrons. The van der Waals surface area contributed by atoms with Crippen LogP contribution in [-0.2, 0) is 6.54 Å². The van der Waals surface area contributed by atoms with Gasteiger partial charge in [0.25, 0.3) is 5.91 Å². The van der Waals surface area contributed by atoms with Crippen LogP contribution in [0, 0.1) is 5.92 Å². The summed E-state index contributed by atoms with van der Waals surface area (Å²) in [4.78, 5) is 18.7. The number of carbonyl (C=O) groups excluding carboxylic acids is 1. The highest BCUT2D eigenvalue weighted by Crippen LogP contribution is 2.15. The van der Waals surface area contributed by atoms with E-state index in [0.29, 0.717) is 12.1 Å². The number of guanidine groups is 1. The Bertz CT molecular complexity index is 538. The van der Waals surface area contributed by atoms with E-state index in [4.69, 9.17) is 4.99 Å². The van der Waals surface area contributed by atoms with Crippen molar-refractivity contribution in [2.45, 2.75) is 33.2 Å². The smallest absolute Gasteiger partial charge is 0.251 e. The maximum atomic E-state index is 11.6. The lowest BCUT2D eigenvalue weighted by Gasteiger charge is -2.33. The van der Waals surface area contributed by atoms with E-state index < -0.39 is 0 Å². The van der Waals surface area contributed by atoms with Crippen LogP contribution in [0.2, 0.25) is 0 Å². The first-order valence-corrected chi connectivity index (χ1v) is 8.48. The van der Waals surface area contributed by atoms with E-state index in [1.807, 2.05) is 24.3 Å². The Balaban J connectivity index is 2.03. The van der Waals surface area contributed by atoms with Gasteiger partial charge in [0.15, 0.2) is 5.96 Å². The Morgan fingerprint density at radius 2 is 2.09 bits per heavy atom. The number of benzene rings is 1. The van der Waals surface area contributed by atoms with Gasteiger partial charge in [-0.05, 0) is 43.4 Å². The summed E-state index contributed by atoms with van der Waals surface area (Å²) in [7, 11) is 1.64. The monoisotopic (exact) mass is 316 g/mol. The molecule has 0 spiro atoms. The van der Waals surface area contributed by atoms with Crippen molar-refractivity contribution in [3.8, 4) is 0 Å². The molecule has 1 aromatic rings. The molecule has 126 valence electrons. The van der Waals surface area contributed by atoms with Gasteiger partial charge in [0.2, 0.25) is 0 Å². The van der Waals surface area contributed by atoms with Crippen LogP contribution in [-0.4, -0.2) is 43.4 Å². The van der Waals surface area contributed by atoms with Gasteiger partial charge in [-0.1, -0.05) is 19.1 Å². The largest absolute Gasteiger partial charge is 0.357 e. The first kappa shape index (κ1) is 17.3. The zero-order valence-electron chi connectivity index (χ0n) is 14.4. The number of amides is 1. The van der Waals surface area contributed by atoms with Crippen LogP contribution >= 0.6 is 0 Å². The molecule has 23 heavy (non-hydrogen) atoms. The standard InChI is InChI=1S/C18H28N4O/c1-4-20-18(22-11-5-6-14(2)13-22)21-12-15-7-9-16(10-8-15)17(23)19-3/h7-10,14H,4-6,11-13H2,1-3H3,(H,19,23)(H,20,21). The fourth-order valence-corrected chi connectivity index (χ4v) is 2.88. The predicted octanol–water partition coefficient (Wildman–Crippen LogP) is 2.24. The van der Waals surface area contributed by atoms with Gasteiger partial charge in [-0.3, -0.25) is 4.79 Å². The molecule has 1 aromatic carbocycles. The Hall–Kier alpha value is -2.04. The van der Waals surface area contributed by atoms with E-state index in [1.165, 1.54) is 12.8 Å². The molecular weight excluding hydrogens is 288 g/mol. The number of carbonyl (C=O) groups is 1. The second kappa shape index (κ2) is 8.56. The molecule has 5 nitrogen and oxygen atoms in total. The summed E-state index contributed by atoms with van der Waals surface area (Å²) < 4.78 is 0. The lowest BCUT2D eigenvalue weighted by Crippen LogP contribution is -2.46. The van der Waals surface area contributed by atoms with Gasteiger partial charge in [0.05, 0.1) is 6.54 Å². The SMILES string of the molecule is CCNC(=NCc1ccc(C(=O)NC)cc1)N1CCCC(C)C1. The molecule has 1 saturated heterocycles. The molecule has 5 heteroatoms. The molecule has 0 bridgehead atoms. The minimum Gasteiger partial charge on any atom is -0.357 e. The van der Waals surface area contributed by atoms with E-state index in [9.17, 15) is 4.79 Å². The zero-order valence-corrected chi connectivity index (χ0v) is 14.4. The lowest BCUT2D eigenvalue weighted by molar-refractivity contribution is 0.0963. The van der Waals surface area contributed by atoms with E-state index in [2.05, 4.69) is 29.4 Å². The van der Waals surface area contributed by atoms with E-state index in [1.54, 1.807) is 7.05 Å². The Morgan fingerprint density at radius 1 is 1.35 bits per heavy atom. The molecule has 0 saturated carbocycles.